The Morgan fingerprint density at radius 3 is 2.76 bits per heavy atom. The van der Waals surface area contributed by atoms with E-state index in [1.807, 2.05) is 25.1 Å². The topological polar surface area (TPSA) is 45.8 Å². The Morgan fingerprint density at radius 1 is 1.24 bits per heavy atom. The van der Waals surface area contributed by atoms with Crippen molar-refractivity contribution in [1.82, 2.24) is 9.97 Å². The van der Waals surface area contributed by atoms with E-state index in [0.717, 1.165) is 16.6 Å². The molecule has 0 aliphatic heterocycles. The lowest BCUT2D eigenvalue weighted by molar-refractivity contribution is 0.101. The number of hydrogen-bond acceptors (Lipinski definition) is 3. The number of hydrogen-bond donors (Lipinski definition) is 1. The third-order valence-corrected chi connectivity index (χ3v) is 4.10. The predicted molar refractivity (Wildman–Crippen MR) is 81.4 cm³/mol. The van der Waals surface area contributed by atoms with Gasteiger partial charge in [-0.25, -0.2) is 9.37 Å². The zero-order valence-electron chi connectivity index (χ0n) is 11.6. The molecule has 1 N–H and O–H groups in total. The van der Waals surface area contributed by atoms with E-state index in [0.29, 0.717) is 15.6 Å². The molecule has 0 atom stereocenters. The smallest absolute Gasteiger partial charge is 0.171 e. The predicted octanol–water partition coefficient (Wildman–Crippen LogP) is 4.36. The third kappa shape index (κ3) is 2.83. The Kier molecular flexibility index (Phi) is 3.51. The van der Waals surface area contributed by atoms with Gasteiger partial charge in [-0.15, -0.1) is 0 Å². The first-order valence-corrected chi connectivity index (χ1v) is 7.29. The molecule has 1 aromatic heterocycles. The molecule has 1 heterocycles. The second-order valence-corrected chi connectivity index (χ2v) is 5.90. The molecule has 106 valence electrons. The molecule has 3 rings (SSSR count). The largest absolute Gasteiger partial charge is 0.333 e. The molecule has 0 radical (unpaired) electrons. The van der Waals surface area contributed by atoms with E-state index in [4.69, 9.17) is 0 Å². The average Bonchev–Trinajstić information content (AvgIpc) is 2.82. The molecule has 3 nitrogen and oxygen atoms in total. The number of nitrogens with zero attached hydrogens (tertiary/aromatic N) is 1. The van der Waals surface area contributed by atoms with Crippen LogP contribution in [0, 0.1) is 12.7 Å². The van der Waals surface area contributed by atoms with E-state index >= 15 is 0 Å². The van der Waals surface area contributed by atoms with Crippen LogP contribution in [0.5, 0.6) is 0 Å². The molecule has 0 amide bonds. The van der Waals surface area contributed by atoms with Crippen molar-refractivity contribution in [2.24, 2.45) is 0 Å². The van der Waals surface area contributed by atoms with Gasteiger partial charge in [-0.05, 0) is 55.4 Å². The molecule has 21 heavy (non-hydrogen) atoms. The minimum atomic E-state index is -0.413. The number of carbonyl (C=O) groups is 1. The Bertz CT molecular complexity index is 841. The zero-order chi connectivity index (χ0) is 15.0. The quantitative estimate of drug-likeness (QED) is 0.731. The number of fused-ring (bicyclic) bond motifs is 1. The fraction of sp³-hybridized carbons (Fsp3) is 0.125. The Balaban J connectivity index is 1.93. The lowest BCUT2D eigenvalue weighted by Gasteiger charge is -2.02. The van der Waals surface area contributed by atoms with Gasteiger partial charge < -0.3 is 4.98 Å². The van der Waals surface area contributed by atoms with Gasteiger partial charge in [-0.1, -0.05) is 12.1 Å². The van der Waals surface area contributed by atoms with Gasteiger partial charge in [0.1, 0.15) is 5.82 Å². The van der Waals surface area contributed by atoms with Crippen molar-refractivity contribution in [3.05, 3.63) is 53.3 Å². The van der Waals surface area contributed by atoms with Crippen molar-refractivity contribution in [3.63, 3.8) is 0 Å². The molecule has 5 heteroatoms. The van der Waals surface area contributed by atoms with Crippen LogP contribution < -0.4 is 0 Å². The van der Waals surface area contributed by atoms with Gasteiger partial charge in [0, 0.05) is 5.56 Å². The zero-order valence-corrected chi connectivity index (χ0v) is 12.4. The van der Waals surface area contributed by atoms with Crippen molar-refractivity contribution in [1.29, 1.82) is 0 Å². The number of aryl methyl sites for hydroxylation is 1. The molecule has 0 spiro atoms. The van der Waals surface area contributed by atoms with Crippen LogP contribution in [0.1, 0.15) is 22.8 Å². The summed E-state index contributed by atoms with van der Waals surface area (Å²) in [6, 6.07) is 10.4. The Hall–Kier alpha value is -2.14. The summed E-state index contributed by atoms with van der Waals surface area (Å²) < 4.78 is 14.0. The number of Topliss-reactive ketones (excluding diaryl/α,β-unsaturated/α-hetero) is 1. The summed E-state index contributed by atoms with van der Waals surface area (Å²) in [5.41, 5.74) is 3.29. The molecule has 0 saturated carbocycles. The van der Waals surface area contributed by atoms with Crippen LogP contribution in [0.25, 0.3) is 11.0 Å². The number of ketones is 1. The van der Waals surface area contributed by atoms with Crippen molar-refractivity contribution in [2.45, 2.75) is 23.9 Å². The number of aromatic nitrogens is 2. The number of halogens is 1. The van der Waals surface area contributed by atoms with Crippen LogP contribution in [0.2, 0.25) is 0 Å². The number of rotatable bonds is 3. The van der Waals surface area contributed by atoms with Gasteiger partial charge in [-0.3, -0.25) is 4.79 Å². The van der Waals surface area contributed by atoms with E-state index in [-0.39, 0.29) is 5.78 Å². The first-order chi connectivity index (χ1) is 10.0. The first kappa shape index (κ1) is 13.8. The van der Waals surface area contributed by atoms with Gasteiger partial charge >= 0.3 is 0 Å². The molecular formula is C16H13FN2OS. The molecule has 0 fully saturated rings. The molecule has 3 aromatic rings. The number of benzene rings is 2. The van der Waals surface area contributed by atoms with Crippen LogP contribution >= 0.6 is 11.8 Å². The van der Waals surface area contributed by atoms with E-state index in [1.165, 1.54) is 24.8 Å². The first-order valence-electron chi connectivity index (χ1n) is 6.47. The van der Waals surface area contributed by atoms with Gasteiger partial charge in [0.25, 0.3) is 0 Å². The SMILES string of the molecule is CC(=O)c1ccc(Sc2nc3ccc(C)cc3[nH]2)c(F)c1. The maximum absolute atomic E-state index is 14.0. The molecular weight excluding hydrogens is 287 g/mol. The summed E-state index contributed by atoms with van der Waals surface area (Å²) >= 11 is 1.21. The molecule has 0 aliphatic rings. The van der Waals surface area contributed by atoms with Crippen molar-refractivity contribution >= 4 is 28.6 Å². The number of aromatic amines is 1. The van der Waals surface area contributed by atoms with E-state index in [1.54, 1.807) is 12.1 Å². The van der Waals surface area contributed by atoms with E-state index < -0.39 is 5.82 Å². The number of carbonyl (C=O) groups excluding carboxylic acids is 1. The maximum Gasteiger partial charge on any atom is 0.171 e. The molecule has 2 aromatic carbocycles. The van der Waals surface area contributed by atoms with Crippen LogP contribution in [0.3, 0.4) is 0 Å². The number of imidazole rings is 1. The van der Waals surface area contributed by atoms with Crippen LogP contribution in [0.4, 0.5) is 4.39 Å². The highest BCUT2D eigenvalue weighted by molar-refractivity contribution is 7.99. The van der Waals surface area contributed by atoms with Gasteiger partial charge in [0.15, 0.2) is 10.9 Å². The monoisotopic (exact) mass is 300 g/mol. The summed E-state index contributed by atoms with van der Waals surface area (Å²) in [7, 11) is 0. The van der Waals surface area contributed by atoms with Gasteiger partial charge in [-0.2, -0.15) is 0 Å². The van der Waals surface area contributed by atoms with E-state index in [2.05, 4.69) is 9.97 Å². The minimum Gasteiger partial charge on any atom is -0.333 e. The third-order valence-electron chi connectivity index (χ3n) is 3.16. The fourth-order valence-corrected chi connectivity index (χ4v) is 2.86. The summed E-state index contributed by atoms with van der Waals surface area (Å²) in [5.74, 6) is -0.561. The van der Waals surface area contributed by atoms with Crippen LogP contribution in [-0.4, -0.2) is 15.8 Å². The second kappa shape index (κ2) is 5.33. The maximum atomic E-state index is 14.0. The molecule has 0 aliphatic carbocycles. The minimum absolute atomic E-state index is 0.148. The van der Waals surface area contributed by atoms with Crippen molar-refractivity contribution < 1.29 is 9.18 Å². The summed E-state index contributed by atoms with van der Waals surface area (Å²) in [5, 5.41) is 0.630. The lowest BCUT2D eigenvalue weighted by Crippen LogP contribution is -1.93. The molecule has 0 unspecified atom stereocenters. The number of H-pyrrole nitrogens is 1. The van der Waals surface area contributed by atoms with Crippen molar-refractivity contribution in [2.75, 3.05) is 0 Å². The molecule has 0 bridgehead atoms. The highest BCUT2D eigenvalue weighted by Crippen LogP contribution is 2.30. The van der Waals surface area contributed by atoms with Crippen molar-refractivity contribution in [3.8, 4) is 0 Å². The van der Waals surface area contributed by atoms with E-state index in [9.17, 15) is 9.18 Å². The summed E-state index contributed by atoms with van der Waals surface area (Å²) in [4.78, 5) is 19.3. The average molecular weight is 300 g/mol. The Labute approximate surface area is 125 Å². The Morgan fingerprint density at radius 2 is 2.05 bits per heavy atom. The van der Waals surface area contributed by atoms with Crippen LogP contribution in [0.15, 0.2) is 46.5 Å². The summed E-state index contributed by atoms with van der Waals surface area (Å²) in [6.45, 7) is 3.43. The highest BCUT2D eigenvalue weighted by Gasteiger charge is 2.10. The molecule has 0 saturated heterocycles. The highest BCUT2D eigenvalue weighted by atomic mass is 32.2. The standard InChI is InChI=1S/C16H13FN2OS/c1-9-3-5-13-14(7-9)19-16(18-13)21-15-6-4-11(10(2)20)8-12(15)17/h3-8H,1-2H3,(H,18,19). The normalized spacial score (nSPS) is 11.0. The van der Waals surface area contributed by atoms with Crippen LogP contribution in [-0.2, 0) is 0 Å². The summed E-state index contributed by atoms with van der Waals surface area (Å²) in [6.07, 6.45) is 0. The lowest BCUT2D eigenvalue weighted by atomic mass is 10.1. The van der Waals surface area contributed by atoms with Gasteiger partial charge in [0.2, 0.25) is 0 Å². The fourth-order valence-electron chi connectivity index (χ4n) is 2.06. The van der Waals surface area contributed by atoms with Gasteiger partial charge in [0.05, 0.1) is 15.9 Å². The second-order valence-electron chi connectivity index (χ2n) is 4.87. The number of nitrogens with one attached hydrogen (secondary N) is 1.